The Morgan fingerprint density at radius 1 is 1.38 bits per heavy atom. The number of guanidine groups is 1. The van der Waals surface area contributed by atoms with Gasteiger partial charge in [-0.2, -0.15) is 0 Å². The molecule has 1 amide bonds. The molecule has 2 aromatic heterocycles. The van der Waals surface area contributed by atoms with Gasteiger partial charge in [0, 0.05) is 34.8 Å². The molecule has 0 radical (unpaired) electrons. The van der Waals surface area contributed by atoms with Crippen LogP contribution in [0.2, 0.25) is 0 Å². The molecule has 0 spiro atoms. The normalized spacial score (nSPS) is 27.2. The van der Waals surface area contributed by atoms with Crippen molar-refractivity contribution in [3.05, 3.63) is 41.5 Å². The average molecular weight is 340 g/mol. The van der Waals surface area contributed by atoms with Gasteiger partial charge >= 0.3 is 0 Å². The van der Waals surface area contributed by atoms with Crippen molar-refractivity contribution in [3.63, 3.8) is 0 Å². The summed E-state index contributed by atoms with van der Waals surface area (Å²) in [6, 6.07) is 8.14. The Hall–Kier alpha value is -2.21. The number of carbonyl (C=O) groups is 1. The van der Waals surface area contributed by atoms with Crippen molar-refractivity contribution in [2.24, 2.45) is 11.8 Å². The first-order valence-electron chi connectivity index (χ1n) is 8.16. The zero-order valence-corrected chi connectivity index (χ0v) is 14.6. The van der Waals surface area contributed by atoms with Gasteiger partial charge in [-0.05, 0) is 43.9 Å². The first kappa shape index (κ1) is 15.3. The molecule has 2 atom stereocenters. The van der Waals surface area contributed by atoms with Crippen molar-refractivity contribution in [2.75, 3.05) is 7.05 Å². The van der Waals surface area contributed by atoms with E-state index in [0.29, 0.717) is 5.92 Å². The Balaban J connectivity index is 1.74. The highest BCUT2D eigenvalue weighted by atomic mass is 32.1. The van der Waals surface area contributed by atoms with Crippen LogP contribution >= 0.6 is 11.3 Å². The molecule has 2 fully saturated rings. The zero-order chi connectivity index (χ0) is 16.9. The molecule has 0 bridgehead atoms. The summed E-state index contributed by atoms with van der Waals surface area (Å²) in [6.45, 7) is 2.06. The van der Waals surface area contributed by atoms with E-state index in [0.717, 1.165) is 28.2 Å². The number of nitrogens with one attached hydrogen (secondary N) is 2. The molecular weight excluding hydrogens is 320 g/mol. The summed E-state index contributed by atoms with van der Waals surface area (Å²) >= 11 is 1.68. The molecule has 24 heavy (non-hydrogen) atoms. The highest BCUT2D eigenvalue weighted by Crippen LogP contribution is 2.50. The summed E-state index contributed by atoms with van der Waals surface area (Å²) in [5.74, 6) is 0.530. The van der Waals surface area contributed by atoms with Crippen LogP contribution in [0, 0.1) is 17.2 Å². The summed E-state index contributed by atoms with van der Waals surface area (Å²) in [5.41, 5.74) is 0.558. The fourth-order valence-electron chi connectivity index (χ4n) is 3.57. The van der Waals surface area contributed by atoms with Crippen molar-refractivity contribution in [1.29, 1.82) is 5.41 Å². The first-order valence-corrected chi connectivity index (χ1v) is 8.97. The highest BCUT2D eigenvalue weighted by molar-refractivity contribution is 7.15. The van der Waals surface area contributed by atoms with Crippen LogP contribution in [-0.2, 0) is 10.3 Å². The number of thiophene rings is 1. The third-order valence-electron chi connectivity index (χ3n) is 5.09. The number of hydrogen-bond acceptors (Lipinski definition) is 4. The lowest BCUT2D eigenvalue weighted by Gasteiger charge is -2.45. The maximum absolute atomic E-state index is 12.8. The maximum Gasteiger partial charge on any atom is 0.235 e. The molecule has 1 saturated heterocycles. The number of amides is 1. The fraction of sp³-hybridized carbons (Fsp3) is 0.389. The molecular formula is C18H20N4OS. The van der Waals surface area contributed by atoms with E-state index >= 15 is 0 Å². The second kappa shape index (κ2) is 5.41. The van der Waals surface area contributed by atoms with E-state index in [4.69, 9.17) is 5.41 Å². The standard InChI is InChI=1S/C18H20N4OS/c1-18(14-8-7-13(24-14)12-4-3-9-20-10-12)15(11-5-6-11)16(23)22(2)17(19)21-18/h3-4,7-11,15H,5-6H2,1-2H3,(H2,19,21)/t15-,18+/m0/s1. The van der Waals surface area contributed by atoms with Gasteiger partial charge < -0.3 is 5.32 Å². The Kier molecular flexibility index (Phi) is 3.46. The van der Waals surface area contributed by atoms with Crippen molar-refractivity contribution in [3.8, 4) is 10.4 Å². The van der Waals surface area contributed by atoms with Crippen LogP contribution in [0.1, 0.15) is 24.6 Å². The molecule has 6 heteroatoms. The Labute approximate surface area is 145 Å². The number of carbonyl (C=O) groups excluding carboxylic acids is 1. The third kappa shape index (κ3) is 2.33. The molecule has 5 nitrogen and oxygen atoms in total. The molecule has 1 aliphatic heterocycles. The molecule has 1 aliphatic carbocycles. The van der Waals surface area contributed by atoms with Gasteiger partial charge in [-0.15, -0.1) is 11.3 Å². The van der Waals surface area contributed by atoms with Crippen molar-refractivity contribution in [1.82, 2.24) is 15.2 Å². The molecule has 124 valence electrons. The van der Waals surface area contributed by atoms with E-state index in [2.05, 4.69) is 29.4 Å². The largest absolute Gasteiger partial charge is 0.345 e. The van der Waals surface area contributed by atoms with Gasteiger partial charge in [0.2, 0.25) is 5.91 Å². The molecule has 2 aliphatic rings. The fourth-order valence-corrected chi connectivity index (χ4v) is 4.71. The summed E-state index contributed by atoms with van der Waals surface area (Å²) in [6.07, 6.45) is 5.80. The minimum Gasteiger partial charge on any atom is -0.345 e. The molecule has 2 aromatic rings. The van der Waals surface area contributed by atoms with Crippen LogP contribution in [0.3, 0.4) is 0 Å². The Bertz CT molecular complexity index is 798. The summed E-state index contributed by atoms with van der Waals surface area (Å²) in [7, 11) is 1.68. The van der Waals surface area contributed by atoms with Crippen molar-refractivity contribution in [2.45, 2.75) is 25.3 Å². The summed E-state index contributed by atoms with van der Waals surface area (Å²) < 4.78 is 0. The highest BCUT2D eigenvalue weighted by Gasteiger charge is 2.54. The number of nitrogens with zero attached hydrogens (tertiary/aromatic N) is 2. The van der Waals surface area contributed by atoms with Gasteiger partial charge in [0.05, 0.1) is 11.5 Å². The number of hydrogen-bond donors (Lipinski definition) is 2. The van der Waals surface area contributed by atoms with Gasteiger partial charge in [-0.3, -0.25) is 20.1 Å². The predicted octanol–water partition coefficient (Wildman–Crippen LogP) is 3.05. The minimum absolute atomic E-state index is 0.0556. The van der Waals surface area contributed by atoms with Gasteiger partial charge in [0.1, 0.15) is 0 Å². The van der Waals surface area contributed by atoms with E-state index in [-0.39, 0.29) is 17.8 Å². The van der Waals surface area contributed by atoms with Crippen LogP contribution < -0.4 is 5.32 Å². The van der Waals surface area contributed by atoms with Gasteiger partial charge in [-0.25, -0.2) is 0 Å². The molecule has 1 saturated carbocycles. The predicted molar refractivity (Wildman–Crippen MR) is 94.7 cm³/mol. The monoisotopic (exact) mass is 340 g/mol. The second-order valence-electron chi connectivity index (χ2n) is 6.79. The maximum atomic E-state index is 12.8. The second-order valence-corrected chi connectivity index (χ2v) is 7.88. The van der Waals surface area contributed by atoms with E-state index in [1.165, 1.54) is 4.90 Å². The molecule has 0 unspecified atom stereocenters. The van der Waals surface area contributed by atoms with Crippen LogP contribution in [-0.4, -0.2) is 28.8 Å². The van der Waals surface area contributed by atoms with E-state index in [9.17, 15) is 4.79 Å². The molecule has 4 rings (SSSR count). The van der Waals surface area contributed by atoms with Gasteiger partial charge in [-0.1, -0.05) is 6.07 Å². The number of pyridine rings is 1. The lowest BCUT2D eigenvalue weighted by Crippen LogP contribution is -2.64. The molecule has 0 aromatic carbocycles. The van der Waals surface area contributed by atoms with Gasteiger partial charge in [0.15, 0.2) is 5.96 Å². The first-order chi connectivity index (χ1) is 11.5. The SMILES string of the molecule is CN1C(=N)N[C@](C)(c2ccc(-c3cccnc3)s2)[C@@H](C2CC2)C1=O. The lowest BCUT2D eigenvalue weighted by molar-refractivity contribution is -0.136. The lowest BCUT2D eigenvalue weighted by atomic mass is 9.78. The average Bonchev–Trinajstić information content (AvgIpc) is 3.27. The Morgan fingerprint density at radius 2 is 2.17 bits per heavy atom. The summed E-state index contributed by atoms with van der Waals surface area (Å²) in [4.78, 5) is 20.7. The van der Waals surface area contributed by atoms with Gasteiger partial charge in [0.25, 0.3) is 0 Å². The zero-order valence-electron chi connectivity index (χ0n) is 13.7. The van der Waals surface area contributed by atoms with E-state index < -0.39 is 5.54 Å². The number of rotatable bonds is 3. The quantitative estimate of drug-likeness (QED) is 0.902. The van der Waals surface area contributed by atoms with Crippen LogP contribution in [0.25, 0.3) is 10.4 Å². The van der Waals surface area contributed by atoms with E-state index in [1.54, 1.807) is 24.6 Å². The number of aromatic nitrogens is 1. The van der Waals surface area contributed by atoms with E-state index in [1.807, 2.05) is 18.3 Å². The topological polar surface area (TPSA) is 69.1 Å². The van der Waals surface area contributed by atoms with Crippen LogP contribution in [0.5, 0.6) is 0 Å². The molecule has 2 N–H and O–H groups in total. The van der Waals surface area contributed by atoms with Crippen molar-refractivity contribution < 1.29 is 4.79 Å². The third-order valence-corrected chi connectivity index (χ3v) is 6.46. The van der Waals surface area contributed by atoms with Crippen LogP contribution in [0.15, 0.2) is 36.7 Å². The smallest absolute Gasteiger partial charge is 0.235 e. The summed E-state index contributed by atoms with van der Waals surface area (Å²) in [5, 5.41) is 11.4. The van der Waals surface area contributed by atoms with Crippen molar-refractivity contribution >= 4 is 23.2 Å². The Morgan fingerprint density at radius 3 is 2.83 bits per heavy atom. The minimum atomic E-state index is -0.521. The van der Waals surface area contributed by atoms with Crippen LogP contribution in [0.4, 0.5) is 0 Å². The molecule has 3 heterocycles.